The van der Waals surface area contributed by atoms with E-state index in [-0.39, 0.29) is 6.04 Å². The van der Waals surface area contributed by atoms with Gasteiger partial charge in [-0.1, -0.05) is 19.3 Å². The van der Waals surface area contributed by atoms with E-state index >= 15 is 0 Å². The number of methoxy groups -OCH3 is 1. The Morgan fingerprint density at radius 3 is 2.33 bits per heavy atom. The summed E-state index contributed by atoms with van der Waals surface area (Å²) in [6, 6.07) is 0.282. The summed E-state index contributed by atoms with van der Waals surface area (Å²) in [5.74, 6) is 0. The van der Waals surface area contributed by atoms with Gasteiger partial charge in [0.05, 0.1) is 0 Å². The van der Waals surface area contributed by atoms with E-state index in [1.54, 1.807) is 7.11 Å². The lowest BCUT2D eigenvalue weighted by molar-refractivity contribution is 0.171. The predicted molar refractivity (Wildman–Crippen MR) is 64.0 cm³/mol. The number of hydrogen-bond acceptors (Lipinski definition) is 3. The Kier molecular flexibility index (Phi) is 6.98. The summed E-state index contributed by atoms with van der Waals surface area (Å²) in [5.41, 5.74) is 6.06. The number of nitrogens with two attached hydrogens (primary N) is 1. The Morgan fingerprint density at radius 1 is 1.13 bits per heavy atom. The fraction of sp³-hybridized carbons (Fsp3) is 1.00. The summed E-state index contributed by atoms with van der Waals surface area (Å²) < 4.78 is 5.05. The lowest BCUT2D eigenvalue weighted by Crippen LogP contribution is -2.39. The quantitative estimate of drug-likeness (QED) is 0.756. The number of rotatable bonds is 5. The highest BCUT2D eigenvalue weighted by molar-refractivity contribution is 4.70. The lowest BCUT2D eigenvalue weighted by atomic mass is 10.1. The van der Waals surface area contributed by atoms with Crippen LogP contribution in [0.1, 0.15) is 38.5 Å². The molecule has 1 rings (SSSR count). The van der Waals surface area contributed by atoms with Crippen molar-refractivity contribution in [2.24, 2.45) is 5.73 Å². The summed E-state index contributed by atoms with van der Waals surface area (Å²) in [5, 5.41) is 0. The zero-order chi connectivity index (χ0) is 10.9. The molecule has 1 unspecified atom stereocenters. The van der Waals surface area contributed by atoms with E-state index in [0.29, 0.717) is 0 Å². The van der Waals surface area contributed by atoms with E-state index in [4.69, 9.17) is 10.5 Å². The molecule has 0 bridgehead atoms. The van der Waals surface area contributed by atoms with Crippen molar-refractivity contribution in [3.05, 3.63) is 0 Å². The third kappa shape index (κ3) is 6.13. The topological polar surface area (TPSA) is 38.5 Å². The first-order valence-electron chi connectivity index (χ1n) is 6.30. The first-order chi connectivity index (χ1) is 7.33. The summed E-state index contributed by atoms with van der Waals surface area (Å²) in [6.45, 7) is 4.31. The molecule has 0 radical (unpaired) electrons. The molecule has 15 heavy (non-hydrogen) atoms. The van der Waals surface area contributed by atoms with Gasteiger partial charge in [-0.05, 0) is 32.4 Å². The second-order valence-corrected chi connectivity index (χ2v) is 4.61. The zero-order valence-corrected chi connectivity index (χ0v) is 10.1. The highest BCUT2D eigenvalue weighted by Gasteiger charge is 2.11. The Morgan fingerprint density at radius 2 is 1.73 bits per heavy atom. The van der Waals surface area contributed by atoms with Gasteiger partial charge in [0.1, 0.15) is 0 Å². The van der Waals surface area contributed by atoms with Gasteiger partial charge in [-0.15, -0.1) is 0 Å². The maximum Gasteiger partial charge on any atom is 0.0477 e. The van der Waals surface area contributed by atoms with Crippen molar-refractivity contribution in [1.29, 1.82) is 0 Å². The number of ether oxygens (including phenoxy) is 1. The molecular formula is C12H26N2O. The molecule has 1 aliphatic rings. The fourth-order valence-electron chi connectivity index (χ4n) is 2.19. The van der Waals surface area contributed by atoms with Crippen LogP contribution in [0.3, 0.4) is 0 Å². The fourth-order valence-corrected chi connectivity index (χ4v) is 2.19. The van der Waals surface area contributed by atoms with E-state index in [9.17, 15) is 0 Å². The van der Waals surface area contributed by atoms with Gasteiger partial charge < -0.3 is 15.4 Å². The molecule has 1 heterocycles. The van der Waals surface area contributed by atoms with Crippen LogP contribution in [0.2, 0.25) is 0 Å². The smallest absolute Gasteiger partial charge is 0.0477 e. The van der Waals surface area contributed by atoms with E-state index in [1.165, 1.54) is 45.2 Å². The van der Waals surface area contributed by atoms with Gasteiger partial charge in [0.2, 0.25) is 0 Å². The van der Waals surface area contributed by atoms with Crippen LogP contribution >= 0.6 is 0 Å². The second-order valence-electron chi connectivity index (χ2n) is 4.61. The maximum absolute atomic E-state index is 6.06. The Hall–Kier alpha value is -0.120. The average molecular weight is 214 g/mol. The minimum Gasteiger partial charge on any atom is -0.385 e. The van der Waals surface area contributed by atoms with Crippen LogP contribution < -0.4 is 5.73 Å². The van der Waals surface area contributed by atoms with Crippen molar-refractivity contribution in [3.8, 4) is 0 Å². The van der Waals surface area contributed by atoms with Gasteiger partial charge in [-0.3, -0.25) is 0 Å². The van der Waals surface area contributed by atoms with Gasteiger partial charge >= 0.3 is 0 Å². The van der Waals surface area contributed by atoms with Gasteiger partial charge in [0.25, 0.3) is 0 Å². The normalized spacial score (nSPS) is 22.0. The number of nitrogens with zero attached hydrogens (tertiary/aromatic N) is 1. The van der Waals surface area contributed by atoms with Gasteiger partial charge in [-0.2, -0.15) is 0 Å². The number of likely N-dealkylation sites (tertiary alicyclic amines) is 1. The highest BCUT2D eigenvalue weighted by Crippen LogP contribution is 2.10. The van der Waals surface area contributed by atoms with Crippen molar-refractivity contribution >= 4 is 0 Å². The molecular weight excluding hydrogens is 188 g/mol. The lowest BCUT2D eigenvalue weighted by Gasteiger charge is -2.27. The molecule has 3 nitrogen and oxygen atoms in total. The molecule has 0 spiro atoms. The molecule has 0 saturated carbocycles. The highest BCUT2D eigenvalue weighted by atomic mass is 16.5. The molecule has 3 heteroatoms. The molecule has 1 atom stereocenters. The van der Waals surface area contributed by atoms with E-state index in [1.807, 2.05) is 0 Å². The van der Waals surface area contributed by atoms with Crippen molar-refractivity contribution in [1.82, 2.24) is 4.90 Å². The van der Waals surface area contributed by atoms with E-state index in [0.717, 1.165) is 19.6 Å². The Bertz CT molecular complexity index is 145. The Balaban J connectivity index is 2.16. The molecule has 0 aromatic rings. The zero-order valence-electron chi connectivity index (χ0n) is 10.1. The minimum atomic E-state index is 0.282. The number of hydrogen-bond donors (Lipinski definition) is 1. The summed E-state index contributed by atoms with van der Waals surface area (Å²) in [6.07, 6.45) is 7.87. The monoisotopic (exact) mass is 214 g/mol. The molecule has 1 saturated heterocycles. The largest absolute Gasteiger partial charge is 0.385 e. The first kappa shape index (κ1) is 12.9. The van der Waals surface area contributed by atoms with Crippen LogP contribution in [0, 0.1) is 0 Å². The summed E-state index contributed by atoms with van der Waals surface area (Å²) >= 11 is 0. The van der Waals surface area contributed by atoms with Crippen LogP contribution in [-0.4, -0.2) is 44.3 Å². The van der Waals surface area contributed by atoms with Crippen LogP contribution in [-0.2, 0) is 4.74 Å². The van der Waals surface area contributed by atoms with Crippen LogP contribution in [0.15, 0.2) is 0 Å². The predicted octanol–water partition coefficient (Wildman–Crippen LogP) is 1.62. The van der Waals surface area contributed by atoms with Crippen molar-refractivity contribution in [3.63, 3.8) is 0 Å². The van der Waals surface area contributed by atoms with Crippen molar-refractivity contribution in [2.45, 2.75) is 44.6 Å². The maximum atomic E-state index is 6.06. The Labute approximate surface area is 94.0 Å². The van der Waals surface area contributed by atoms with E-state index < -0.39 is 0 Å². The van der Waals surface area contributed by atoms with Crippen LogP contribution in [0.25, 0.3) is 0 Å². The van der Waals surface area contributed by atoms with Gasteiger partial charge in [-0.25, -0.2) is 0 Å². The third-order valence-corrected chi connectivity index (χ3v) is 3.13. The van der Waals surface area contributed by atoms with Crippen molar-refractivity contribution in [2.75, 3.05) is 33.4 Å². The minimum absolute atomic E-state index is 0.282. The van der Waals surface area contributed by atoms with E-state index in [2.05, 4.69) is 4.90 Å². The SMILES string of the molecule is COCCC(N)CN1CCCCCCC1. The van der Waals surface area contributed by atoms with Crippen LogP contribution in [0.4, 0.5) is 0 Å². The summed E-state index contributed by atoms with van der Waals surface area (Å²) in [7, 11) is 1.74. The van der Waals surface area contributed by atoms with Gasteiger partial charge in [0, 0.05) is 26.3 Å². The molecule has 2 N–H and O–H groups in total. The first-order valence-corrected chi connectivity index (χ1v) is 6.30. The molecule has 0 aliphatic carbocycles. The summed E-state index contributed by atoms with van der Waals surface area (Å²) in [4.78, 5) is 2.53. The standard InChI is InChI=1S/C12H26N2O/c1-15-10-7-12(13)11-14-8-5-3-2-4-6-9-14/h12H,2-11,13H2,1H3. The molecule has 90 valence electrons. The molecule has 0 aromatic carbocycles. The van der Waals surface area contributed by atoms with Crippen molar-refractivity contribution < 1.29 is 4.74 Å². The molecule has 0 aromatic heterocycles. The van der Waals surface area contributed by atoms with Gasteiger partial charge in [0.15, 0.2) is 0 Å². The molecule has 1 fully saturated rings. The second kappa shape index (κ2) is 8.08. The average Bonchev–Trinajstić information content (AvgIpc) is 2.19. The molecule has 0 amide bonds. The molecule has 1 aliphatic heterocycles. The van der Waals surface area contributed by atoms with Crippen LogP contribution in [0.5, 0.6) is 0 Å². The third-order valence-electron chi connectivity index (χ3n) is 3.13.